The molecule has 0 bridgehead atoms. The molecule has 0 fully saturated rings. The maximum atomic E-state index is 9.96. The molecule has 546 valence electrons. The highest BCUT2D eigenvalue weighted by Crippen LogP contribution is 2.61. The van der Waals surface area contributed by atoms with E-state index in [-0.39, 0.29) is 44.7 Å². The van der Waals surface area contributed by atoms with E-state index in [1.165, 1.54) is 44.3 Å². The normalized spacial score (nSPS) is 14.5. The lowest BCUT2D eigenvalue weighted by Crippen LogP contribution is -2.61. The van der Waals surface area contributed by atoms with Crippen LogP contribution in [-0.4, -0.2) is 15.8 Å². The fourth-order valence-electron chi connectivity index (χ4n) is 19.1. The molecule has 4 heterocycles. The Bertz CT molecular complexity index is 7170. The number of rotatable bonds is 10. The summed E-state index contributed by atoms with van der Waals surface area (Å²) in [7, 11) is 0. The fourth-order valence-corrected chi connectivity index (χ4v) is 19.1. The van der Waals surface area contributed by atoms with Crippen molar-refractivity contribution in [3.63, 3.8) is 0 Å². The van der Waals surface area contributed by atoms with Gasteiger partial charge in [0.05, 0.1) is 49.8 Å². The smallest absolute Gasteiger partial charge is 0.252 e. The molecular weight excluding hydrogens is 1380 g/mol. The molecule has 2 aromatic heterocycles. The molecular formula is C109H87BN4. The van der Waals surface area contributed by atoms with E-state index in [0.717, 1.165) is 128 Å². The van der Waals surface area contributed by atoms with Crippen molar-refractivity contribution in [1.29, 1.82) is 0 Å². The van der Waals surface area contributed by atoms with E-state index in [2.05, 4.69) is 386 Å². The van der Waals surface area contributed by atoms with Gasteiger partial charge in [0, 0.05) is 77.9 Å². The molecule has 114 heavy (non-hydrogen) atoms. The first-order chi connectivity index (χ1) is 58.8. The van der Waals surface area contributed by atoms with Gasteiger partial charge >= 0.3 is 0 Å². The van der Waals surface area contributed by atoms with Gasteiger partial charge in [-0.1, -0.05) is 341 Å². The van der Waals surface area contributed by atoms with Gasteiger partial charge in [0.1, 0.15) is 0 Å². The number of hydrogen-bond donors (Lipinski definition) is 0. The van der Waals surface area contributed by atoms with Gasteiger partial charge in [-0.2, -0.15) is 0 Å². The first-order valence-corrected chi connectivity index (χ1v) is 39.8. The van der Waals surface area contributed by atoms with Crippen molar-refractivity contribution < 1.29 is 11.0 Å². The number of aromatic nitrogens is 2. The summed E-state index contributed by atoms with van der Waals surface area (Å²) in [5.74, 6) is 0. The Hall–Kier alpha value is -13.2. The molecule has 0 saturated heterocycles. The van der Waals surface area contributed by atoms with E-state index in [0.29, 0.717) is 5.69 Å². The molecule has 0 radical (unpaired) electrons. The zero-order valence-electron chi connectivity index (χ0n) is 73.4. The van der Waals surface area contributed by atoms with Crippen LogP contribution in [0.1, 0.15) is 112 Å². The van der Waals surface area contributed by atoms with Crippen LogP contribution in [0.5, 0.6) is 0 Å². The Morgan fingerprint density at radius 1 is 0.298 bits per heavy atom. The van der Waals surface area contributed by atoms with Crippen molar-refractivity contribution in [2.45, 2.75) is 84.0 Å². The lowest BCUT2D eigenvalue weighted by molar-refractivity contribution is 0.590. The topological polar surface area (TPSA) is 16.3 Å². The molecule has 21 rings (SSSR count). The Morgan fingerprint density at radius 3 is 1.11 bits per heavy atom. The first-order valence-electron chi connectivity index (χ1n) is 43.8. The summed E-state index contributed by atoms with van der Waals surface area (Å²) in [4.78, 5) is 5.11. The van der Waals surface area contributed by atoms with Crippen molar-refractivity contribution in [3.05, 3.63) is 403 Å². The molecule has 0 amide bonds. The SMILES string of the molecule is [2H]c1c([2H])c([2H])c2c(c1[2H])c1c([2H])c([2H])c([2H])c([2H])c1n2-c1ccc2c(c1)N(c1c(-c3ccccc3)cc(C(C)(C)C)cc1-c1ccccc1)c1cc(C(C)(C)C)cc3c1B2c1ccc(-n2c4ccccc4c4c5c(ccc42)-c2ccccc2C5(c2ccccc2)c2ccccc2)cc1N3c1c(-c2ccccc2)cc(C(C)(C)C)cc1-c1ccccc1. The molecule has 0 N–H and O–H groups in total. The average Bonchev–Trinajstić information content (AvgIpc) is 1.32. The van der Waals surface area contributed by atoms with E-state index in [9.17, 15) is 8.22 Å². The number of para-hydroxylation sites is 3. The minimum absolute atomic E-state index is 0.00898. The highest BCUT2D eigenvalue weighted by Gasteiger charge is 2.50. The molecule has 4 nitrogen and oxygen atoms in total. The standard InChI is InChI=1S/C109H87BN4/c1-106(2,3)76-62-86(70-36-16-10-17-37-70)104(87(63-76)71-38-18-11-19-39-71)113-97-68-79(111-93-53-33-29-49-82(93)83-50-30-34-54-94(83)111)56-59-91(97)110-92-60-57-80(112-95-55-35-31-51-85(95)101-96(112)61-58-84-81-48-28-32-52-90(81)109(102(84)101,74-44-24-14-25-45-74)75-46-26-15-27-47-75)69-98(92)114(100-67-78(108(7,8)9)66-99(113)103(100)110)105-88(72-40-20-12-21-41-72)64-77(107(4,5)6)65-89(105)73-42-22-13-23-43-73/h10-69H,1-9H3/i29D,30D,33D,34D,49D,50D,53D,54D. The zero-order chi connectivity index (χ0) is 84.1. The predicted octanol–water partition coefficient (Wildman–Crippen LogP) is 26.9. The van der Waals surface area contributed by atoms with Crippen LogP contribution in [0.4, 0.5) is 34.1 Å². The van der Waals surface area contributed by atoms with Gasteiger partial charge in [0.25, 0.3) is 6.71 Å². The van der Waals surface area contributed by atoms with Gasteiger partial charge < -0.3 is 18.9 Å². The molecule has 1 aliphatic carbocycles. The minimum atomic E-state index is -0.723. The van der Waals surface area contributed by atoms with Crippen molar-refractivity contribution in [3.8, 4) is 67.0 Å². The van der Waals surface area contributed by atoms with Crippen LogP contribution in [0.2, 0.25) is 0 Å². The van der Waals surface area contributed by atoms with Crippen LogP contribution in [0.25, 0.3) is 111 Å². The second-order valence-corrected chi connectivity index (χ2v) is 34.1. The Labute approximate surface area is 680 Å². The van der Waals surface area contributed by atoms with Crippen molar-refractivity contribution in [1.82, 2.24) is 9.13 Å². The Morgan fingerprint density at radius 2 is 0.675 bits per heavy atom. The lowest BCUT2D eigenvalue weighted by atomic mass is 9.33. The quantitative estimate of drug-likeness (QED) is 0.127. The molecule has 0 unspecified atom stereocenters. The maximum Gasteiger partial charge on any atom is 0.252 e. The molecule has 0 spiro atoms. The van der Waals surface area contributed by atoms with Gasteiger partial charge in [-0.15, -0.1) is 0 Å². The van der Waals surface area contributed by atoms with E-state index in [1.807, 2.05) is 6.07 Å². The summed E-state index contributed by atoms with van der Waals surface area (Å²) >= 11 is 0. The number of hydrogen-bond acceptors (Lipinski definition) is 2. The number of nitrogens with zero attached hydrogens (tertiary/aromatic N) is 4. The summed E-state index contributed by atoms with van der Waals surface area (Å²) in [5.41, 5.74) is 29.0. The van der Waals surface area contributed by atoms with E-state index in [1.54, 1.807) is 4.57 Å². The lowest BCUT2D eigenvalue weighted by Gasteiger charge is -2.47. The minimum Gasteiger partial charge on any atom is -0.310 e. The molecule has 0 saturated carbocycles. The summed E-state index contributed by atoms with van der Waals surface area (Å²) in [6, 6.07) is 113. The van der Waals surface area contributed by atoms with E-state index in [4.69, 9.17) is 2.74 Å². The van der Waals surface area contributed by atoms with Crippen LogP contribution in [0.15, 0.2) is 364 Å². The second kappa shape index (κ2) is 25.9. The third-order valence-electron chi connectivity index (χ3n) is 24.4. The summed E-state index contributed by atoms with van der Waals surface area (Å²) in [6.07, 6.45) is 0. The molecule has 0 atom stereocenters. The van der Waals surface area contributed by atoms with Crippen molar-refractivity contribution in [2.75, 3.05) is 9.80 Å². The molecule has 18 aromatic rings. The van der Waals surface area contributed by atoms with Crippen molar-refractivity contribution >= 4 is 101 Å². The van der Waals surface area contributed by atoms with Gasteiger partial charge in [0.15, 0.2) is 0 Å². The predicted molar refractivity (Wildman–Crippen MR) is 484 cm³/mol. The number of anilines is 6. The monoisotopic (exact) mass is 1470 g/mol. The molecule has 16 aromatic carbocycles. The van der Waals surface area contributed by atoms with Crippen molar-refractivity contribution in [2.24, 2.45) is 0 Å². The highest BCUT2D eigenvalue weighted by atomic mass is 15.2. The largest absolute Gasteiger partial charge is 0.310 e. The summed E-state index contributed by atoms with van der Waals surface area (Å²) in [6.45, 7) is 20.1. The average molecular weight is 1470 g/mol. The number of benzene rings is 16. The summed E-state index contributed by atoms with van der Waals surface area (Å²) in [5, 5.41) is 2.32. The molecule has 3 aliphatic rings. The van der Waals surface area contributed by atoms with E-state index >= 15 is 0 Å². The van der Waals surface area contributed by atoms with Gasteiger partial charge in [-0.05, 0) is 190 Å². The van der Waals surface area contributed by atoms with Crippen LogP contribution < -0.4 is 26.2 Å². The Balaban J connectivity index is 0.948. The van der Waals surface area contributed by atoms with Crippen LogP contribution in [0.3, 0.4) is 0 Å². The third kappa shape index (κ3) is 10.5. The van der Waals surface area contributed by atoms with Crippen LogP contribution in [0, 0.1) is 0 Å². The third-order valence-corrected chi connectivity index (χ3v) is 24.4. The van der Waals surface area contributed by atoms with Crippen LogP contribution >= 0.6 is 0 Å². The van der Waals surface area contributed by atoms with Gasteiger partial charge in [0.2, 0.25) is 0 Å². The first kappa shape index (κ1) is 60.5. The maximum absolute atomic E-state index is 9.96. The van der Waals surface area contributed by atoms with E-state index < -0.39 is 53.8 Å². The Kier molecular flexibility index (Phi) is 13.8. The fraction of sp³-hybridized carbons (Fsp3) is 0.119. The summed E-state index contributed by atoms with van der Waals surface area (Å²) < 4.78 is 80.6. The zero-order valence-corrected chi connectivity index (χ0v) is 65.4. The second-order valence-electron chi connectivity index (χ2n) is 34.1. The van der Waals surface area contributed by atoms with Gasteiger partial charge in [-0.3, -0.25) is 0 Å². The van der Waals surface area contributed by atoms with Gasteiger partial charge in [-0.25, -0.2) is 0 Å². The number of fused-ring (bicyclic) bond motifs is 14. The molecule has 2 aliphatic heterocycles. The van der Waals surface area contributed by atoms with Crippen LogP contribution in [-0.2, 0) is 21.7 Å². The molecule has 5 heteroatoms. The highest BCUT2D eigenvalue weighted by molar-refractivity contribution is 7.00.